The maximum Gasteiger partial charge on any atom is 0.255 e. The van der Waals surface area contributed by atoms with Crippen LogP contribution in [0.1, 0.15) is 30.1 Å². The van der Waals surface area contributed by atoms with E-state index in [2.05, 4.69) is 0 Å². The minimum Gasteiger partial charge on any atom is -0.381 e. The topological polar surface area (TPSA) is 29.5 Å². The van der Waals surface area contributed by atoms with E-state index in [1.807, 2.05) is 6.92 Å². The molecule has 1 amide bonds. The van der Waals surface area contributed by atoms with Gasteiger partial charge in [0.05, 0.1) is 17.2 Å². The van der Waals surface area contributed by atoms with Crippen molar-refractivity contribution < 1.29 is 13.9 Å². The van der Waals surface area contributed by atoms with Gasteiger partial charge in [-0.3, -0.25) is 4.79 Å². The zero-order valence-electron chi connectivity index (χ0n) is 11.6. The Morgan fingerprint density at radius 2 is 2.35 bits per heavy atom. The summed E-state index contributed by atoms with van der Waals surface area (Å²) in [7, 11) is 0. The molecule has 0 aromatic heterocycles. The Balaban J connectivity index is 2.14. The van der Waals surface area contributed by atoms with Crippen molar-refractivity contribution in [2.24, 2.45) is 5.92 Å². The van der Waals surface area contributed by atoms with E-state index < -0.39 is 5.82 Å². The SMILES string of the molecule is CCCN(CC1CCOC1)C(=O)c1cc(F)ccc1Cl. The van der Waals surface area contributed by atoms with Crippen molar-refractivity contribution in [2.75, 3.05) is 26.3 Å². The predicted molar refractivity (Wildman–Crippen MR) is 76.5 cm³/mol. The Labute approximate surface area is 123 Å². The molecule has 3 nitrogen and oxygen atoms in total. The minimum absolute atomic E-state index is 0.205. The van der Waals surface area contributed by atoms with Crippen molar-refractivity contribution in [1.82, 2.24) is 4.90 Å². The number of halogens is 2. The number of hydrogen-bond donors (Lipinski definition) is 0. The Kier molecular flexibility index (Phi) is 5.38. The summed E-state index contributed by atoms with van der Waals surface area (Å²) in [6, 6.07) is 3.89. The lowest BCUT2D eigenvalue weighted by molar-refractivity contribution is 0.0720. The first kappa shape index (κ1) is 15.3. The van der Waals surface area contributed by atoms with Gasteiger partial charge in [0.2, 0.25) is 0 Å². The number of carbonyl (C=O) groups excluding carboxylic acids is 1. The van der Waals surface area contributed by atoms with Gasteiger partial charge in [-0.05, 0) is 31.0 Å². The normalized spacial score (nSPS) is 18.2. The lowest BCUT2D eigenvalue weighted by Crippen LogP contribution is -2.36. The number of amides is 1. The van der Waals surface area contributed by atoms with Gasteiger partial charge >= 0.3 is 0 Å². The molecule has 1 fully saturated rings. The van der Waals surface area contributed by atoms with Gasteiger partial charge in [-0.2, -0.15) is 0 Å². The van der Waals surface area contributed by atoms with E-state index in [1.165, 1.54) is 18.2 Å². The second-order valence-electron chi connectivity index (χ2n) is 5.10. The molecule has 1 aliphatic rings. The summed E-state index contributed by atoms with van der Waals surface area (Å²) in [6.07, 6.45) is 1.82. The number of hydrogen-bond acceptors (Lipinski definition) is 2. The largest absolute Gasteiger partial charge is 0.381 e. The number of benzene rings is 1. The molecule has 2 rings (SSSR count). The molecule has 0 N–H and O–H groups in total. The highest BCUT2D eigenvalue weighted by Crippen LogP contribution is 2.21. The third-order valence-corrected chi connectivity index (χ3v) is 3.77. The van der Waals surface area contributed by atoms with Crippen LogP contribution in [-0.2, 0) is 4.74 Å². The van der Waals surface area contributed by atoms with Crippen LogP contribution in [0.4, 0.5) is 4.39 Å². The molecule has 5 heteroatoms. The lowest BCUT2D eigenvalue weighted by Gasteiger charge is -2.25. The summed E-state index contributed by atoms with van der Waals surface area (Å²) in [5, 5.41) is 0.292. The number of rotatable bonds is 5. The molecule has 110 valence electrons. The van der Waals surface area contributed by atoms with Gasteiger partial charge in [0.1, 0.15) is 5.82 Å². The van der Waals surface area contributed by atoms with Crippen LogP contribution in [0.25, 0.3) is 0 Å². The molecule has 1 atom stereocenters. The van der Waals surface area contributed by atoms with E-state index in [1.54, 1.807) is 4.90 Å². The van der Waals surface area contributed by atoms with Crippen molar-refractivity contribution in [3.05, 3.63) is 34.6 Å². The van der Waals surface area contributed by atoms with Gasteiger partial charge in [0.25, 0.3) is 5.91 Å². The van der Waals surface area contributed by atoms with Gasteiger partial charge in [0.15, 0.2) is 0 Å². The molecule has 0 bridgehead atoms. The molecule has 0 aliphatic carbocycles. The van der Waals surface area contributed by atoms with Crippen molar-refractivity contribution in [3.8, 4) is 0 Å². The molecule has 1 aromatic carbocycles. The zero-order chi connectivity index (χ0) is 14.5. The van der Waals surface area contributed by atoms with Crippen LogP contribution < -0.4 is 0 Å². The van der Waals surface area contributed by atoms with Crippen LogP contribution in [0.3, 0.4) is 0 Å². The molecule has 0 saturated carbocycles. The summed E-state index contributed by atoms with van der Waals surface area (Å²) >= 11 is 6.01. The standard InChI is InChI=1S/C15H19ClFNO2/c1-2-6-18(9-11-5-7-20-10-11)15(19)13-8-12(17)3-4-14(13)16/h3-4,8,11H,2,5-7,9-10H2,1H3. The molecule has 0 spiro atoms. The Morgan fingerprint density at radius 3 is 3.00 bits per heavy atom. The summed E-state index contributed by atoms with van der Waals surface area (Å²) in [6.45, 7) is 4.73. The second kappa shape index (κ2) is 7.04. The zero-order valence-corrected chi connectivity index (χ0v) is 12.3. The quantitative estimate of drug-likeness (QED) is 0.834. The average Bonchev–Trinajstić information content (AvgIpc) is 2.93. The summed E-state index contributed by atoms with van der Waals surface area (Å²) in [4.78, 5) is 14.3. The molecular weight excluding hydrogens is 281 g/mol. The van der Waals surface area contributed by atoms with Gasteiger partial charge in [0, 0.05) is 25.6 Å². The maximum atomic E-state index is 13.3. The first-order valence-corrected chi connectivity index (χ1v) is 7.31. The number of carbonyl (C=O) groups is 1. The molecule has 1 saturated heterocycles. The minimum atomic E-state index is -0.446. The fourth-order valence-corrected chi connectivity index (χ4v) is 2.61. The molecular formula is C15H19ClFNO2. The maximum absolute atomic E-state index is 13.3. The van der Waals surface area contributed by atoms with E-state index in [-0.39, 0.29) is 11.5 Å². The van der Waals surface area contributed by atoms with Crippen LogP contribution >= 0.6 is 11.6 Å². The molecule has 1 unspecified atom stereocenters. The van der Waals surface area contributed by atoms with Crippen molar-refractivity contribution in [3.63, 3.8) is 0 Å². The van der Waals surface area contributed by atoms with Crippen LogP contribution in [0.5, 0.6) is 0 Å². The van der Waals surface area contributed by atoms with E-state index in [4.69, 9.17) is 16.3 Å². The van der Waals surface area contributed by atoms with Gasteiger partial charge in [-0.15, -0.1) is 0 Å². The first-order valence-electron chi connectivity index (χ1n) is 6.94. The summed E-state index contributed by atoms with van der Waals surface area (Å²) in [5.74, 6) is -0.292. The van der Waals surface area contributed by atoms with Crippen LogP contribution in [0.2, 0.25) is 5.02 Å². The second-order valence-corrected chi connectivity index (χ2v) is 5.51. The fraction of sp³-hybridized carbons (Fsp3) is 0.533. The van der Waals surface area contributed by atoms with Crippen molar-refractivity contribution in [2.45, 2.75) is 19.8 Å². The van der Waals surface area contributed by atoms with Gasteiger partial charge < -0.3 is 9.64 Å². The summed E-state index contributed by atoms with van der Waals surface area (Å²) < 4.78 is 18.7. The molecule has 0 radical (unpaired) electrons. The van der Waals surface area contributed by atoms with E-state index in [9.17, 15) is 9.18 Å². The fourth-order valence-electron chi connectivity index (χ4n) is 2.42. The predicted octanol–water partition coefficient (Wildman–Crippen LogP) is 3.37. The number of nitrogens with zero attached hydrogens (tertiary/aromatic N) is 1. The summed E-state index contributed by atoms with van der Waals surface area (Å²) in [5.41, 5.74) is 0.235. The van der Waals surface area contributed by atoms with E-state index in [0.29, 0.717) is 30.6 Å². The van der Waals surface area contributed by atoms with Crippen molar-refractivity contribution in [1.29, 1.82) is 0 Å². The highest BCUT2D eigenvalue weighted by Gasteiger charge is 2.24. The van der Waals surface area contributed by atoms with Crippen LogP contribution in [0, 0.1) is 11.7 Å². The highest BCUT2D eigenvalue weighted by molar-refractivity contribution is 6.33. The van der Waals surface area contributed by atoms with Crippen LogP contribution in [-0.4, -0.2) is 37.1 Å². The average molecular weight is 300 g/mol. The highest BCUT2D eigenvalue weighted by atomic mass is 35.5. The smallest absolute Gasteiger partial charge is 0.255 e. The van der Waals surface area contributed by atoms with E-state index >= 15 is 0 Å². The lowest BCUT2D eigenvalue weighted by atomic mass is 10.1. The third-order valence-electron chi connectivity index (χ3n) is 3.44. The van der Waals surface area contributed by atoms with Gasteiger partial charge in [-0.1, -0.05) is 18.5 Å². The third kappa shape index (κ3) is 3.70. The molecule has 20 heavy (non-hydrogen) atoms. The van der Waals surface area contributed by atoms with Gasteiger partial charge in [-0.25, -0.2) is 4.39 Å². The van der Waals surface area contributed by atoms with Crippen LogP contribution in [0.15, 0.2) is 18.2 Å². The monoisotopic (exact) mass is 299 g/mol. The Hall–Kier alpha value is -1.13. The molecule has 1 heterocycles. The Bertz CT molecular complexity index is 475. The molecule has 1 aromatic rings. The first-order chi connectivity index (χ1) is 9.61. The Morgan fingerprint density at radius 1 is 1.55 bits per heavy atom. The molecule has 1 aliphatic heterocycles. The van der Waals surface area contributed by atoms with E-state index in [0.717, 1.165) is 19.4 Å². The number of ether oxygens (including phenoxy) is 1. The van der Waals surface area contributed by atoms with Crippen molar-refractivity contribution >= 4 is 17.5 Å².